The van der Waals surface area contributed by atoms with Gasteiger partial charge in [-0.15, -0.1) is 11.8 Å². The van der Waals surface area contributed by atoms with Gasteiger partial charge in [0.1, 0.15) is 0 Å². The molecular weight excluding hydrogens is 198 g/mol. The average Bonchev–Trinajstić information content (AvgIpc) is 2.25. The molecule has 0 unspecified atom stereocenters. The molecule has 2 amide bonds. The van der Waals surface area contributed by atoms with Crippen LogP contribution >= 0.6 is 11.8 Å². The van der Waals surface area contributed by atoms with Crippen LogP contribution in [-0.2, 0) is 9.59 Å². The van der Waals surface area contributed by atoms with E-state index in [-0.39, 0.29) is 23.1 Å². The first kappa shape index (κ1) is 11.6. The zero-order valence-electron chi connectivity index (χ0n) is 9.11. The van der Waals surface area contributed by atoms with E-state index in [0.717, 1.165) is 0 Å². The molecule has 0 N–H and O–H groups in total. The molecule has 1 heterocycles. The van der Waals surface area contributed by atoms with Crippen molar-refractivity contribution in [1.29, 1.82) is 0 Å². The molecular formula is C10H17NO2S. The number of rotatable bonds is 3. The Morgan fingerprint density at radius 3 is 2.21 bits per heavy atom. The van der Waals surface area contributed by atoms with Crippen molar-refractivity contribution in [3.05, 3.63) is 0 Å². The maximum absolute atomic E-state index is 11.8. The first-order valence-electron chi connectivity index (χ1n) is 4.94. The summed E-state index contributed by atoms with van der Waals surface area (Å²) in [4.78, 5) is 24.7. The molecule has 0 spiro atoms. The Bertz CT molecular complexity index is 251. The molecule has 0 aromatic rings. The molecule has 0 aromatic heterocycles. The second-order valence-corrected chi connectivity index (χ2v) is 5.86. The van der Waals surface area contributed by atoms with Crippen LogP contribution in [0.1, 0.15) is 34.1 Å². The highest BCUT2D eigenvalue weighted by Crippen LogP contribution is 2.29. The fraction of sp³-hybridized carbons (Fsp3) is 0.800. The van der Waals surface area contributed by atoms with Crippen molar-refractivity contribution in [1.82, 2.24) is 4.90 Å². The number of imide groups is 1. The molecule has 0 bridgehead atoms. The Kier molecular flexibility index (Phi) is 3.59. The summed E-state index contributed by atoms with van der Waals surface area (Å²) in [6.45, 7) is 7.83. The van der Waals surface area contributed by atoms with Gasteiger partial charge in [-0.05, 0) is 19.1 Å². The molecule has 1 fully saturated rings. The summed E-state index contributed by atoms with van der Waals surface area (Å²) >= 11 is 1.58. The molecule has 1 saturated heterocycles. The first-order valence-corrected chi connectivity index (χ1v) is 5.89. The van der Waals surface area contributed by atoms with Gasteiger partial charge in [-0.25, -0.2) is 0 Å². The maximum atomic E-state index is 11.8. The van der Waals surface area contributed by atoms with E-state index in [4.69, 9.17) is 0 Å². The van der Waals surface area contributed by atoms with Crippen molar-refractivity contribution in [2.75, 3.05) is 0 Å². The minimum atomic E-state index is -0.148. The Labute approximate surface area is 89.2 Å². The van der Waals surface area contributed by atoms with Gasteiger partial charge < -0.3 is 0 Å². The number of nitrogens with zero attached hydrogens (tertiary/aromatic N) is 1. The van der Waals surface area contributed by atoms with Crippen LogP contribution in [-0.4, -0.2) is 33.3 Å². The summed E-state index contributed by atoms with van der Waals surface area (Å²) in [6, 6.07) is -0.00670. The van der Waals surface area contributed by atoms with Gasteiger partial charge in [0.2, 0.25) is 11.8 Å². The predicted molar refractivity (Wildman–Crippen MR) is 58.1 cm³/mol. The summed E-state index contributed by atoms with van der Waals surface area (Å²) in [5, 5.41) is 0.244. The number of thioether (sulfide) groups is 1. The Balaban J connectivity index is 2.69. The quantitative estimate of drug-likeness (QED) is 0.672. The molecule has 4 heteroatoms. The lowest BCUT2D eigenvalue weighted by molar-refractivity contribution is -0.140. The first-order chi connectivity index (χ1) is 6.43. The lowest BCUT2D eigenvalue weighted by atomic mass is 10.3. The standard InChI is InChI=1S/C10H17NO2S/c1-6(2)11-9(12)5-8(10(11)13)14-7(3)4/h6-8H,5H2,1-4H3/t8-/m1/s1. The molecule has 14 heavy (non-hydrogen) atoms. The minimum Gasteiger partial charge on any atom is -0.279 e. The Morgan fingerprint density at radius 2 is 1.86 bits per heavy atom. The normalized spacial score (nSPS) is 23.0. The van der Waals surface area contributed by atoms with Crippen LogP contribution in [0.4, 0.5) is 0 Å². The number of likely N-dealkylation sites (tertiary alicyclic amines) is 1. The predicted octanol–water partition coefficient (Wildman–Crippen LogP) is 1.66. The van der Waals surface area contributed by atoms with E-state index in [1.807, 2.05) is 27.7 Å². The van der Waals surface area contributed by atoms with Crippen molar-refractivity contribution >= 4 is 23.6 Å². The third kappa shape index (κ3) is 2.29. The maximum Gasteiger partial charge on any atom is 0.243 e. The summed E-state index contributed by atoms with van der Waals surface area (Å²) in [5.74, 6) is -0.0353. The van der Waals surface area contributed by atoms with Crippen molar-refractivity contribution in [2.45, 2.75) is 50.7 Å². The van der Waals surface area contributed by atoms with E-state index in [2.05, 4.69) is 0 Å². The van der Waals surface area contributed by atoms with Gasteiger partial charge in [-0.2, -0.15) is 0 Å². The fourth-order valence-electron chi connectivity index (χ4n) is 1.60. The van der Waals surface area contributed by atoms with E-state index in [9.17, 15) is 9.59 Å². The zero-order chi connectivity index (χ0) is 10.9. The summed E-state index contributed by atoms with van der Waals surface area (Å²) in [6.07, 6.45) is 0.375. The minimum absolute atomic E-state index is 0.00670. The summed E-state index contributed by atoms with van der Waals surface area (Å²) in [5.41, 5.74) is 0. The fourth-order valence-corrected chi connectivity index (χ4v) is 2.73. The molecule has 0 aromatic carbocycles. The second kappa shape index (κ2) is 4.34. The van der Waals surface area contributed by atoms with Gasteiger partial charge in [-0.1, -0.05) is 13.8 Å². The van der Waals surface area contributed by atoms with Gasteiger partial charge in [0, 0.05) is 12.5 Å². The molecule has 0 saturated carbocycles. The molecule has 1 rings (SSSR count). The number of carbonyl (C=O) groups is 2. The van der Waals surface area contributed by atoms with Gasteiger partial charge in [0.15, 0.2) is 0 Å². The van der Waals surface area contributed by atoms with E-state index in [1.54, 1.807) is 11.8 Å². The third-order valence-electron chi connectivity index (χ3n) is 2.09. The van der Waals surface area contributed by atoms with E-state index < -0.39 is 0 Å². The van der Waals surface area contributed by atoms with Crippen LogP contribution in [0.3, 0.4) is 0 Å². The van der Waals surface area contributed by atoms with E-state index in [1.165, 1.54) is 4.90 Å². The Morgan fingerprint density at radius 1 is 1.29 bits per heavy atom. The highest BCUT2D eigenvalue weighted by molar-refractivity contribution is 8.01. The molecule has 0 aliphatic carbocycles. The van der Waals surface area contributed by atoms with Crippen LogP contribution < -0.4 is 0 Å². The molecule has 1 atom stereocenters. The van der Waals surface area contributed by atoms with E-state index >= 15 is 0 Å². The molecule has 1 aliphatic rings. The molecule has 80 valence electrons. The number of amides is 2. The number of hydrogen-bond donors (Lipinski definition) is 0. The topological polar surface area (TPSA) is 37.4 Å². The van der Waals surface area contributed by atoms with Crippen LogP contribution in [0.15, 0.2) is 0 Å². The van der Waals surface area contributed by atoms with Gasteiger partial charge in [-0.3, -0.25) is 14.5 Å². The lowest BCUT2D eigenvalue weighted by Gasteiger charge is -2.19. The largest absolute Gasteiger partial charge is 0.279 e. The Hall–Kier alpha value is -0.510. The van der Waals surface area contributed by atoms with Gasteiger partial charge in [0.05, 0.1) is 5.25 Å². The van der Waals surface area contributed by atoms with Crippen molar-refractivity contribution < 1.29 is 9.59 Å². The van der Waals surface area contributed by atoms with Crippen LogP contribution in [0.25, 0.3) is 0 Å². The van der Waals surface area contributed by atoms with Crippen molar-refractivity contribution in [2.24, 2.45) is 0 Å². The zero-order valence-corrected chi connectivity index (χ0v) is 9.93. The summed E-state index contributed by atoms with van der Waals surface area (Å²) in [7, 11) is 0. The average molecular weight is 215 g/mol. The monoisotopic (exact) mass is 215 g/mol. The third-order valence-corrected chi connectivity index (χ3v) is 3.34. The second-order valence-electron chi connectivity index (χ2n) is 4.07. The van der Waals surface area contributed by atoms with Gasteiger partial charge in [0.25, 0.3) is 0 Å². The molecule has 0 radical (unpaired) electrons. The lowest BCUT2D eigenvalue weighted by Crippen LogP contribution is -2.37. The molecule has 3 nitrogen and oxygen atoms in total. The van der Waals surface area contributed by atoms with Crippen LogP contribution in [0.5, 0.6) is 0 Å². The van der Waals surface area contributed by atoms with E-state index in [0.29, 0.717) is 11.7 Å². The van der Waals surface area contributed by atoms with Crippen LogP contribution in [0, 0.1) is 0 Å². The van der Waals surface area contributed by atoms with Gasteiger partial charge >= 0.3 is 0 Å². The summed E-state index contributed by atoms with van der Waals surface area (Å²) < 4.78 is 0. The SMILES string of the molecule is CC(C)S[C@@H]1CC(=O)N(C(C)C)C1=O. The van der Waals surface area contributed by atoms with Crippen molar-refractivity contribution in [3.63, 3.8) is 0 Å². The number of carbonyl (C=O) groups excluding carboxylic acids is 2. The number of hydrogen-bond acceptors (Lipinski definition) is 3. The molecule has 1 aliphatic heterocycles. The van der Waals surface area contributed by atoms with Crippen molar-refractivity contribution in [3.8, 4) is 0 Å². The smallest absolute Gasteiger partial charge is 0.243 e. The van der Waals surface area contributed by atoms with Crippen LogP contribution in [0.2, 0.25) is 0 Å². The highest BCUT2D eigenvalue weighted by atomic mass is 32.2. The highest BCUT2D eigenvalue weighted by Gasteiger charge is 2.40.